The topological polar surface area (TPSA) is 9.23 Å². The van der Waals surface area contributed by atoms with E-state index in [0.717, 1.165) is 30.3 Å². The first-order chi connectivity index (χ1) is 11.3. The van der Waals surface area contributed by atoms with Crippen LogP contribution in [0.3, 0.4) is 0 Å². The maximum absolute atomic E-state index is 5.34. The fourth-order valence-corrected chi connectivity index (χ4v) is 5.22. The molecule has 0 aromatic heterocycles. The normalized spacial score (nSPS) is 32.1. The predicted octanol–water partition coefficient (Wildman–Crippen LogP) is 7.00. The number of hydrogen-bond acceptors (Lipinski definition) is 1. The molecule has 0 bridgehead atoms. The largest absolute Gasteiger partial charge is 0.384 e. The van der Waals surface area contributed by atoms with Crippen molar-refractivity contribution in [2.75, 3.05) is 13.7 Å². The van der Waals surface area contributed by atoms with Crippen LogP contribution in [0.15, 0.2) is 0 Å². The van der Waals surface area contributed by atoms with Crippen molar-refractivity contribution in [3.63, 3.8) is 0 Å². The predicted molar refractivity (Wildman–Crippen MR) is 101 cm³/mol. The maximum atomic E-state index is 5.34. The van der Waals surface area contributed by atoms with Gasteiger partial charge in [-0.05, 0) is 62.2 Å². The van der Waals surface area contributed by atoms with Gasteiger partial charge in [-0.2, -0.15) is 0 Å². The van der Waals surface area contributed by atoms with Gasteiger partial charge in [0.1, 0.15) is 0 Å². The first kappa shape index (κ1) is 19.3. The van der Waals surface area contributed by atoms with Crippen molar-refractivity contribution in [2.45, 2.75) is 103 Å². The van der Waals surface area contributed by atoms with Gasteiger partial charge >= 0.3 is 0 Å². The zero-order valence-corrected chi connectivity index (χ0v) is 16.0. The van der Waals surface area contributed by atoms with Gasteiger partial charge in [-0.15, -0.1) is 0 Å². The Hall–Kier alpha value is -0.0400. The molecule has 1 nitrogen and oxygen atoms in total. The second kappa shape index (κ2) is 11.5. The first-order valence-electron chi connectivity index (χ1n) is 10.8. The lowest BCUT2D eigenvalue weighted by molar-refractivity contribution is 0.0925. The fraction of sp³-hybridized carbons (Fsp3) is 1.00. The average Bonchev–Trinajstić information content (AvgIpc) is 2.60. The highest BCUT2D eigenvalue weighted by atomic mass is 16.5. The molecule has 0 heterocycles. The van der Waals surface area contributed by atoms with Crippen LogP contribution < -0.4 is 0 Å². The Morgan fingerprint density at radius 2 is 1.17 bits per heavy atom. The Bertz CT molecular complexity index is 272. The van der Waals surface area contributed by atoms with Crippen molar-refractivity contribution in [3.8, 4) is 0 Å². The van der Waals surface area contributed by atoms with E-state index in [9.17, 15) is 0 Å². The van der Waals surface area contributed by atoms with Gasteiger partial charge in [0.15, 0.2) is 0 Å². The van der Waals surface area contributed by atoms with Crippen LogP contribution in [0.1, 0.15) is 103 Å². The number of ether oxygens (including phenoxy) is 1. The van der Waals surface area contributed by atoms with Crippen molar-refractivity contribution < 1.29 is 4.74 Å². The Morgan fingerprint density at radius 3 is 1.74 bits per heavy atom. The van der Waals surface area contributed by atoms with Crippen LogP contribution in [0, 0.1) is 23.7 Å². The molecular weight excluding hydrogens is 280 g/mol. The van der Waals surface area contributed by atoms with E-state index in [4.69, 9.17) is 4.74 Å². The van der Waals surface area contributed by atoms with Crippen LogP contribution in [0.5, 0.6) is 0 Å². The molecule has 2 aliphatic rings. The highest BCUT2D eigenvalue weighted by Gasteiger charge is 2.30. The molecule has 0 aromatic rings. The molecule has 0 radical (unpaired) electrons. The monoisotopic (exact) mass is 322 g/mol. The summed E-state index contributed by atoms with van der Waals surface area (Å²) in [4.78, 5) is 0. The highest BCUT2D eigenvalue weighted by Crippen LogP contribution is 2.42. The van der Waals surface area contributed by atoms with E-state index in [1.54, 1.807) is 12.8 Å². The minimum Gasteiger partial charge on any atom is -0.384 e. The van der Waals surface area contributed by atoms with E-state index in [1.807, 2.05) is 7.11 Å². The summed E-state index contributed by atoms with van der Waals surface area (Å²) in [5, 5.41) is 0. The van der Waals surface area contributed by atoms with Gasteiger partial charge in [0, 0.05) is 13.7 Å². The Labute approximate surface area is 146 Å². The third-order valence-corrected chi connectivity index (χ3v) is 6.82. The molecule has 0 aromatic carbocycles. The third-order valence-electron chi connectivity index (χ3n) is 6.82. The van der Waals surface area contributed by atoms with Crippen LogP contribution in [-0.2, 0) is 4.74 Å². The Balaban J connectivity index is 1.52. The maximum Gasteiger partial charge on any atom is 0.0490 e. The van der Waals surface area contributed by atoms with Crippen molar-refractivity contribution in [1.82, 2.24) is 0 Å². The van der Waals surface area contributed by atoms with E-state index in [2.05, 4.69) is 6.92 Å². The molecule has 0 spiro atoms. The second-order valence-corrected chi connectivity index (χ2v) is 8.57. The quantitative estimate of drug-likeness (QED) is 0.393. The van der Waals surface area contributed by atoms with Crippen LogP contribution in [0.2, 0.25) is 0 Å². The fourth-order valence-electron chi connectivity index (χ4n) is 5.22. The van der Waals surface area contributed by atoms with Gasteiger partial charge in [0.2, 0.25) is 0 Å². The van der Waals surface area contributed by atoms with E-state index in [0.29, 0.717) is 0 Å². The van der Waals surface area contributed by atoms with Crippen LogP contribution in [0.4, 0.5) is 0 Å². The molecule has 2 aliphatic carbocycles. The lowest BCUT2D eigenvalue weighted by Gasteiger charge is -2.37. The van der Waals surface area contributed by atoms with Crippen LogP contribution in [-0.4, -0.2) is 13.7 Å². The van der Waals surface area contributed by atoms with Gasteiger partial charge in [-0.1, -0.05) is 64.7 Å². The van der Waals surface area contributed by atoms with E-state index >= 15 is 0 Å². The number of methoxy groups -OCH3 is 1. The van der Waals surface area contributed by atoms with Gasteiger partial charge in [-0.3, -0.25) is 0 Å². The van der Waals surface area contributed by atoms with Crippen molar-refractivity contribution >= 4 is 0 Å². The molecule has 2 rings (SSSR count). The molecule has 0 unspecified atom stereocenters. The van der Waals surface area contributed by atoms with E-state index in [-0.39, 0.29) is 0 Å². The minimum atomic E-state index is 0.861. The summed E-state index contributed by atoms with van der Waals surface area (Å²) in [6.07, 6.45) is 22.3. The summed E-state index contributed by atoms with van der Waals surface area (Å²) in [7, 11) is 1.86. The van der Waals surface area contributed by atoms with E-state index in [1.165, 1.54) is 83.5 Å². The highest BCUT2D eigenvalue weighted by molar-refractivity contribution is 4.82. The zero-order chi connectivity index (χ0) is 16.3. The lowest BCUT2D eigenvalue weighted by Crippen LogP contribution is -2.27. The van der Waals surface area contributed by atoms with Gasteiger partial charge < -0.3 is 4.74 Å². The molecule has 0 amide bonds. The molecule has 0 N–H and O–H groups in total. The number of unbranched alkanes of at least 4 members (excludes halogenated alkanes) is 5. The van der Waals surface area contributed by atoms with Crippen LogP contribution in [0.25, 0.3) is 0 Å². The Kier molecular flexibility index (Phi) is 9.65. The second-order valence-electron chi connectivity index (χ2n) is 8.57. The van der Waals surface area contributed by atoms with Gasteiger partial charge in [0.25, 0.3) is 0 Å². The molecule has 0 saturated heterocycles. The molecule has 2 saturated carbocycles. The SMILES string of the molecule is CCCCCCCCC1CCC([C@H]2CC[C@H](COC)CC2)CC1. The summed E-state index contributed by atoms with van der Waals surface area (Å²) in [6.45, 7) is 3.31. The average molecular weight is 323 g/mol. The van der Waals surface area contributed by atoms with Crippen LogP contribution >= 0.6 is 0 Å². The van der Waals surface area contributed by atoms with E-state index < -0.39 is 0 Å². The molecule has 2 fully saturated rings. The molecule has 136 valence electrons. The Morgan fingerprint density at radius 1 is 0.652 bits per heavy atom. The first-order valence-corrected chi connectivity index (χ1v) is 10.8. The smallest absolute Gasteiger partial charge is 0.0490 e. The summed E-state index contributed by atoms with van der Waals surface area (Å²) in [5.41, 5.74) is 0. The van der Waals surface area contributed by atoms with Crippen molar-refractivity contribution in [3.05, 3.63) is 0 Å². The standard InChI is InChI=1S/C22H42O/c1-3-4-5-6-7-8-9-19-10-14-21(15-11-19)22-16-12-20(13-17-22)18-23-2/h19-22H,3-18H2,1-2H3/t19?,20-,21?,22-. The molecule has 1 heteroatoms. The van der Waals surface area contributed by atoms with Gasteiger partial charge in [0.05, 0.1) is 0 Å². The summed E-state index contributed by atoms with van der Waals surface area (Å²) in [5.74, 6) is 4.06. The number of hydrogen-bond donors (Lipinski definition) is 0. The summed E-state index contributed by atoms with van der Waals surface area (Å²) < 4.78 is 5.34. The molecule has 0 atom stereocenters. The van der Waals surface area contributed by atoms with Crippen molar-refractivity contribution in [1.29, 1.82) is 0 Å². The molecular formula is C22H42O. The summed E-state index contributed by atoms with van der Waals surface area (Å²) >= 11 is 0. The van der Waals surface area contributed by atoms with Crippen molar-refractivity contribution in [2.24, 2.45) is 23.7 Å². The summed E-state index contributed by atoms with van der Waals surface area (Å²) in [6, 6.07) is 0. The zero-order valence-electron chi connectivity index (χ0n) is 16.0. The number of rotatable bonds is 10. The third kappa shape index (κ3) is 7.16. The molecule has 23 heavy (non-hydrogen) atoms. The lowest BCUT2D eigenvalue weighted by atomic mass is 9.69. The van der Waals surface area contributed by atoms with Gasteiger partial charge in [-0.25, -0.2) is 0 Å². The minimum absolute atomic E-state index is 0.861. The molecule has 0 aliphatic heterocycles.